The minimum Gasteiger partial charge on any atom is -0.508 e. The SMILES string of the molecule is CN1C(=O)N(Cc2ccc(Cl)cc2)Sc2ccc(O)cc21. The Morgan fingerprint density at radius 2 is 1.90 bits per heavy atom. The van der Waals surface area contributed by atoms with Crippen LogP contribution in [0.25, 0.3) is 0 Å². The van der Waals surface area contributed by atoms with E-state index in [9.17, 15) is 9.90 Å². The minimum atomic E-state index is -0.118. The number of rotatable bonds is 2. The zero-order valence-corrected chi connectivity index (χ0v) is 12.9. The Kier molecular flexibility index (Phi) is 3.69. The number of aromatic hydroxyl groups is 1. The van der Waals surface area contributed by atoms with Gasteiger partial charge in [-0.25, -0.2) is 4.79 Å². The highest BCUT2D eigenvalue weighted by Crippen LogP contribution is 2.40. The third kappa shape index (κ3) is 2.80. The molecule has 0 radical (unpaired) electrons. The van der Waals surface area contributed by atoms with Crippen molar-refractivity contribution in [1.29, 1.82) is 0 Å². The average Bonchev–Trinajstić information content (AvgIpc) is 2.47. The van der Waals surface area contributed by atoms with Crippen LogP contribution in [0, 0.1) is 0 Å². The molecule has 6 heteroatoms. The predicted octanol–water partition coefficient (Wildman–Crippen LogP) is 4.12. The number of hydrogen-bond acceptors (Lipinski definition) is 3. The Bertz CT molecular complexity index is 691. The third-order valence-electron chi connectivity index (χ3n) is 3.25. The molecule has 0 fully saturated rings. The number of carbonyl (C=O) groups is 1. The Morgan fingerprint density at radius 3 is 2.62 bits per heavy atom. The summed E-state index contributed by atoms with van der Waals surface area (Å²) in [6.45, 7) is 0.491. The molecule has 1 aliphatic heterocycles. The van der Waals surface area contributed by atoms with Gasteiger partial charge in [0.15, 0.2) is 0 Å². The van der Waals surface area contributed by atoms with Gasteiger partial charge in [0.25, 0.3) is 0 Å². The van der Waals surface area contributed by atoms with Crippen LogP contribution in [0.15, 0.2) is 47.4 Å². The number of urea groups is 1. The molecule has 0 saturated heterocycles. The van der Waals surface area contributed by atoms with Crippen LogP contribution < -0.4 is 4.90 Å². The fourth-order valence-electron chi connectivity index (χ4n) is 2.13. The number of phenols is 1. The van der Waals surface area contributed by atoms with Crippen LogP contribution in [0.2, 0.25) is 5.02 Å². The van der Waals surface area contributed by atoms with Crippen LogP contribution in [-0.2, 0) is 6.54 Å². The van der Waals surface area contributed by atoms with Crippen LogP contribution in [-0.4, -0.2) is 22.5 Å². The summed E-state index contributed by atoms with van der Waals surface area (Å²) < 4.78 is 1.68. The van der Waals surface area contributed by atoms with E-state index in [0.717, 1.165) is 16.1 Å². The second-order valence-corrected chi connectivity index (χ2v) is 6.25. The van der Waals surface area contributed by atoms with Gasteiger partial charge in [-0.05, 0) is 41.8 Å². The van der Waals surface area contributed by atoms with Crippen molar-refractivity contribution in [2.45, 2.75) is 11.4 Å². The van der Waals surface area contributed by atoms with Gasteiger partial charge in [-0.15, -0.1) is 0 Å². The van der Waals surface area contributed by atoms with Crippen molar-refractivity contribution in [3.8, 4) is 5.75 Å². The van der Waals surface area contributed by atoms with Gasteiger partial charge in [-0.2, -0.15) is 0 Å². The number of anilines is 1. The first-order chi connectivity index (χ1) is 10.0. The van der Waals surface area contributed by atoms with E-state index in [1.807, 2.05) is 30.3 Å². The van der Waals surface area contributed by atoms with E-state index in [0.29, 0.717) is 11.6 Å². The predicted molar refractivity (Wildman–Crippen MR) is 84.8 cm³/mol. The lowest BCUT2D eigenvalue weighted by Gasteiger charge is -2.33. The van der Waals surface area contributed by atoms with Crippen LogP contribution >= 0.6 is 23.5 Å². The molecule has 1 N–H and O–H groups in total. The first kappa shape index (κ1) is 14.1. The maximum Gasteiger partial charge on any atom is 0.334 e. The summed E-state index contributed by atoms with van der Waals surface area (Å²) in [6.07, 6.45) is 0. The Labute approximate surface area is 132 Å². The molecular formula is C15H13ClN2O2S. The van der Waals surface area contributed by atoms with Gasteiger partial charge in [-0.3, -0.25) is 9.21 Å². The van der Waals surface area contributed by atoms with E-state index in [1.54, 1.807) is 28.4 Å². The molecule has 0 bridgehead atoms. The third-order valence-corrected chi connectivity index (χ3v) is 4.55. The first-order valence-electron chi connectivity index (χ1n) is 6.35. The van der Waals surface area contributed by atoms with E-state index in [4.69, 9.17) is 11.6 Å². The molecule has 108 valence electrons. The number of benzene rings is 2. The zero-order chi connectivity index (χ0) is 15.0. The number of hydrogen-bond donors (Lipinski definition) is 1. The molecule has 21 heavy (non-hydrogen) atoms. The molecule has 0 aliphatic carbocycles. The molecule has 1 heterocycles. The lowest BCUT2D eigenvalue weighted by Crippen LogP contribution is -2.40. The monoisotopic (exact) mass is 320 g/mol. The van der Waals surface area contributed by atoms with E-state index in [1.165, 1.54) is 11.9 Å². The number of nitrogens with zero attached hydrogens (tertiary/aromatic N) is 2. The molecular weight excluding hydrogens is 308 g/mol. The van der Waals surface area contributed by atoms with Crippen molar-refractivity contribution in [3.05, 3.63) is 53.1 Å². The molecule has 2 aromatic carbocycles. The van der Waals surface area contributed by atoms with Crippen molar-refractivity contribution in [2.24, 2.45) is 0 Å². The van der Waals surface area contributed by atoms with Crippen LogP contribution in [0.4, 0.5) is 10.5 Å². The molecule has 2 amide bonds. The largest absolute Gasteiger partial charge is 0.508 e. The van der Waals surface area contributed by atoms with Gasteiger partial charge in [0.05, 0.1) is 17.1 Å². The Morgan fingerprint density at radius 1 is 1.19 bits per heavy atom. The highest BCUT2D eigenvalue weighted by molar-refractivity contribution is 7.97. The van der Waals surface area contributed by atoms with Gasteiger partial charge in [0, 0.05) is 18.1 Å². The summed E-state index contributed by atoms with van der Waals surface area (Å²) in [4.78, 5) is 14.9. The number of fused-ring (bicyclic) bond motifs is 1. The molecule has 1 aliphatic rings. The zero-order valence-electron chi connectivity index (χ0n) is 11.3. The van der Waals surface area contributed by atoms with Gasteiger partial charge in [-0.1, -0.05) is 23.7 Å². The number of amides is 2. The molecule has 0 aromatic heterocycles. The summed E-state index contributed by atoms with van der Waals surface area (Å²) in [5, 5.41) is 10.2. The van der Waals surface area contributed by atoms with Crippen LogP contribution in [0.1, 0.15) is 5.56 Å². The lowest BCUT2D eigenvalue weighted by molar-refractivity contribution is 0.231. The normalized spacial score (nSPS) is 14.3. The second-order valence-electron chi connectivity index (χ2n) is 4.75. The van der Waals surface area contributed by atoms with E-state index in [2.05, 4.69) is 0 Å². The topological polar surface area (TPSA) is 43.8 Å². The second kappa shape index (κ2) is 5.50. The Hall–Kier alpha value is -1.85. The van der Waals surface area contributed by atoms with Gasteiger partial charge in [0.1, 0.15) is 5.75 Å². The van der Waals surface area contributed by atoms with Crippen molar-refractivity contribution in [2.75, 3.05) is 11.9 Å². The van der Waals surface area contributed by atoms with E-state index < -0.39 is 0 Å². The molecule has 2 aromatic rings. The van der Waals surface area contributed by atoms with Gasteiger partial charge >= 0.3 is 6.03 Å². The minimum absolute atomic E-state index is 0.118. The molecule has 0 atom stereocenters. The molecule has 4 nitrogen and oxygen atoms in total. The van der Waals surface area contributed by atoms with Gasteiger partial charge in [0.2, 0.25) is 0 Å². The highest BCUT2D eigenvalue weighted by Gasteiger charge is 2.29. The summed E-state index contributed by atoms with van der Waals surface area (Å²) >= 11 is 7.24. The van der Waals surface area contributed by atoms with Crippen molar-refractivity contribution >= 4 is 35.3 Å². The average molecular weight is 321 g/mol. The van der Waals surface area contributed by atoms with Crippen molar-refractivity contribution < 1.29 is 9.90 Å². The fraction of sp³-hybridized carbons (Fsp3) is 0.133. The number of carbonyl (C=O) groups excluding carboxylic acids is 1. The fourth-order valence-corrected chi connectivity index (χ4v) is 3.32. The van der Waals surface area contributed by atoms with E-state index >= 15 is 0 Å². The number of halogens is 1. The molecule has 0 spiro atoms. The highest BCUT2D eigenvalue weighted by atomic mass is 35.5. The van der Waals surface area contributed by atoms with Crippen molar-refractivity contribution in [3.63, 3.8) is 0 Å². The maximum absolute atomic E-state index is 12.4. The molecule has 0 saturated carbocycles. The quantitative estimate of drug-likeness (QED) is 0.846. The summed E-state index contributed by atoms with van der Waals surface area (Å²) in [5.41, 5.74) is 1.73. The van der Waals surface area contributed by atoms with Crippen molar-refractivity contribution in [1.82, 2.24) is 4.31 Å². The maximum atomic E-state index is 12.4. The summed E-state index contributed by atoms with van der Waals surface area (Å²) in [6, 6.07) is 12.3. The van der Waals surface area contributed by atoms with Crippen LogP contribution in [0.3, 0.4) is 0 Å². The summed E-state index contributed by atoms with van der Waals surface area (Å²) in [5.74, 6) is 0.153. The van der Waals surface area contributed by atoms with E-state index in [-0.39, 0.29) is 11.8 Å². The Balaban J connectivity index is 1.86. The van der Waals surface area contributed by atoms with Crippen LogP contribution in [0.5, 0.6) is 5.75 Å². The smallest absolute Gasteiger partial charge is 0.334 e. The standard InChI is InChI=1S/C15H13ClN2O2S/c1-17-13-8-12(19)6-7-14(13)21-18(15(17)20)9-10-2-4-11(16)5-3-10/h2-8,19H,9H2,1H3. The molecule has 3 rings (SSSR count). The van der Waals surface area contributed by atoms with Gasteiger partial charge < -0.3 is 5.11 Å². The first-order valence-corrected chi connectivity index (χ1v) is 7.50. The summed E-state index contributed by atoms with van der Waals surface area (Å²) in [7, 11) is 1.70. The molecule has 0 unspecified atom stereocenters. The number of phenolic OH excluding ortho intramolecular Hbond substituents is 1. The lowest BCUT2D eigenvalue weighted by atomic mass is 10.2.